The maximum atomic E-state index is 12.2. The predicted octanol–water partition coefficient (Wildman–Crippen LogP) is 3.70. The first-order valence-corrected chi connectivity index (χ1v) is 9.51. The fourth-order valence-electron chi connectivity index (χ4n) is 2.22. The zero-order valence-electron chi connectivity index (χ0n) is 10.3. The molecular weight excluding hydrogens is 389 g/mol. The molecule has 1 N–H and O–H groups in total. The lowest BCUT2D eigenvalue weighted by Gasteiger charge is -2.13. The Kier molecular flexibility index (Phi) is 5.00. The minimum atomic E-state index is -3.95. The van der Waals surface area contributed by atoms with Gasteiger partial charge in [-0.1, -0.05) is 24.4 Å². The molecule has 1 aliphatic rings. The SMILES string of the molecule is O=C(NC1CCCC1)c1cc(S(=O)(=O)Cl)c(Br)cc1Cl. The van der Waals surface area contributed by atoms with E-state index in [9.17, 15) is 13.2 Å². The van der Waals surface area contributed by atoms with Crippen LogP contribution < -0.4 is 5.32 Å². The van der Waals surface area contributed by atoms with Crippen LogP contribution in [0.5, 0.6) is 0 Å². The van der Waals surface area contributed by atoms with E-state index in [0.29, 0.717) is 0 Å². The maximum Gasteiger partial charge on any atom is 0.262 e. The second kappa shape index (κ2) is 6.22. The molecule has 0 spiro atoms. The highest BCUT2D eigenvalue weighted by molar-refractivity contribution is 9.10. The van der Waals surface area contributed by atoms with Gasteiger partial charge in [-0.25, -0.2) is 8.42 Å². The quantitative estimate of drug-likeness (QED) is 0.786. The minimum absolute atomic E-state index is 0.112. The Balaban J connectivity index is 2.33. The third-order valence-electron chi connectivity index (χ3n) is 3.22. The van der Waals surface area contributed by atoms with Crippen LogP contribution >= 0.6 is 38.2 Å². The molecule has 1 amide bonds. The standard InChI is InChI=1S/C12H12BrCl2NO3S/c13-9-6-10(14)8(5-11(9)20(15,18)19)12(17)16-7-3-1-2-4-7/h5-7H,1-4H2,(H,16,17). The van der Waals surface area contributed by atoms with Crippen LogP contribution in [0.4, 0.5) is 0 Å². The molecule has 0 bridgehead atoms. The summed E-state index contributed by atoms with van der Waals surface area (Å²) in [5.41, 5.74) is 0.112. The average molecular weight is 401 g/mol. The third-order valence-corrected chi connectivity index (χ3v) is 5.81. The Hall–Kier alpha value is -0.300. The van der Waals surface area contributed by atoms with Gasteiger partial charge in [0.2, 0.25) is 0 Å². The topological polar surface area (TPSA) is 63.2 Å². The van der Waals surface area contributed by atoms with Crippen molar-refractivity contribution < 1.29 is 13.2 Å². The highest BCUT2D eigenvalue weighted by Gasteiger charge is 2.23. The van der Waals surface area contributed by atoms with Crippen LogP contribution in [0, 0.1) is 0 Å². The zero-order chi connectivity index (χ0) is 14.9. The number of benzene rings is 1. The normalized spacial score (nSPS) is 16.4. The Labute approximate surface area is 135 Å². The number of halogens is 3. The van der Waals surface area contributed by atoms with Gasteiger partial charge in [0.15, 0.2) is 0 Å². The van der Waals surface area contributed by atoms with Crippen molar-refractivity contribution >= 4 is 53.2 Å². The number of hydrogen-bond donors (Lipinski definition) is 1. The van der Waals surface area contributed by atoms with Crippen molar-refractivity contribution in [1.82, 2.24) is 5.32 Å². The molecule has 0 unspecified atom stereocenters. The van der Waals surface area contributed by atoms with Gasteiger partial charge in [-0.3, -0.25) is 4.79 Å². The molecule has 0 heterocycles. The van der Waals surface area contributed by atoms with Crippen LogP contribution in [0.2, 0.25) is 5.02 Å². The van der Waals surface area contributed by atoms with Gasteiger partial charge in [0.25, 0.3) is 15.0 Å². The van der Waals surface area contributed by atoms with Crippen molar-refractivity contribution in [2.45, 2.75) is 36.6 Å². The van der Waals surface area contributed by atoms with E-state index in [2.05, 4.69) is 21.2 Å². The van der Waals surface area contributed by atoms with Gasteiger partial charge in [0.1, 0.15) is 0 Å². The second-order valence-electron chi connectivity index (χ2n) is 4.66. The molecule has 0 radical (unpaired) electrons. The van der Waals surface area contributed by atoms with Crippen molar-refractivity contribution in [1.29, 1.82) is 0 Å². The van der Waals surface area contributed by atoms with Crippen LogP contribution in [0.3, 0.4) is 0 Å². The van der Waals surface area contributed by atoms with Gasteiger partial charge >= 0.3 is 0 Å². The predicted molar refractivity (Wildman–Crippen MR) is 81.9 cm³/mol. The van der Waals surface area contributed by atoms with Crippen LogP contribution in [0.1, 0.15) is 36.0 Å². The van der Waals surface area contributed by atoms with Gasteiger partial charge in [0.05, 0.1) is 15.5 Å². The first-order valence-electron chi connectivity index (χ1n) is 6.03. The van der Waals surface area contributed by atoms with Gasteiger partial charge in [-0.2, -0.15) is 0 Å². The molecule has 20 heavy (non-hydrogen) atoms. The number of amides is 1. The van der Waals surface area contributed by atoms with Gasteiger partial charge in [-0.15, -0.1) is 0 Å². The van der Waals surface area contributed by atoms with Crippen molar-refractivity contribution in [3.05, 3.63) is 27.2 Å². The first kappa shape index (κ1) is 16.1. The Bertz CT molecular complexity index is 642. The zero-order valence-corrected chi connectivity index (χ0v) is 14.2. The summed E-state index contributed by atoms with van der Waals surface area (Å²) < 4.78 is 23.1. The highest BCUT2D eigenvalue weighted by Crippen LogP contribution is 2.31. The van der Waals surface area contributed by atoms with E-state index in [4.69, 9.17) is 22.3 Å². The molecule has 8 heteroatoms. The molecule has 1 aliphatic carbocycles. The summed E-state index contributed by atoms with van der Waals surface area (Å²) in [6.07, 6.45) is 4.03. The van der Waals surface area contributed by atoms with Crippen molar-refractivity contribution in [2.24, 2.45) is 0 Å². The summed E-state index contributed by atoms with van der Waals surface area (Å²) in [7, 11) is 1.38. The van der Waals surface area contributed by atoms with Gasteiger partial charge in [0, 0.05) is 21.2 Å². The monoisotopic (exact) mass is 399 g/mol. The second-order valence-corrected chi connectivity index (χ2v) is 8.45. The van der Waals surface area contributed by atoms with Crippen LogP contribution in [0.15, 0.2) is 21.5 Å². The summed E-state index contributed by atoms with van der Waals surface area (Å²) in [5, 5.41) is 3.03. The molecular formula is C12H12BrCl2NO3S. The highest BCUT2D eigenvalue weighted by atomic mass is 79.9. The Morgan fingerprint density at radius 3 is 2.45 bits per heavy atom. The number of nitrogens with one attached hydrogen (secondary N) is 1. The average Bonchev–Trinajstić information content (AvgIpc) is 2.79. The first-order chi connectivity index (χ1) is 9.29. The molecule has 110 valence electrons. The molecule has 0 aromatic heterocycles. The molecule has 1 aromatic rings. The fourth-order valence-corrected chi connectivity index (χ4v) is 4.80. The summed E-state index contributed by atoms with van der Waals surface area (Å²) >= 11 is 9.08. The van der Waals surface area contributed by atoms with E-state index in [1.807, 2.05) is 0 Å². The number of hydrogen-bond acceptors (Lipinski definition) is 3. The van der Waals surface area contributed by atoms with Crippen LogP contribution in [-0.4, -0.2) is 20.4 Å². The van der Waals surface area contributed by atoms with Crippen molar-refractivity contribution in [3.8, 4) is 0 Å². The number of rotatable bonds is 3. The molecule has 1 saturated carbocycles. The molecule has 2 rings (SSSR count). The number of carbonyl (C=O) groups excluding carboxylic acids is 1. The Morgan fingerprint density at radius 2 is 1.90 bits per heavy atom. The summed E-state index contributed by atoms with van der Waals surface area (Å²) in [6, 6.07) is 2.68. The third kappa shape index (κ3) is 3.67. The van der Waals surface area contributed by atoms with E-state index >= 15 is 0 Å². The lowest BCUT2D eigenvalue weighted by Crippen LogP contribution is -2.32. The molecule has 1 fully saturated rings. The van der Waals surface area contributed by atoms with E-state index in [0.717, 1.165) is 25.7 Å². The van der Waals surface area contributed by atoms with Gasteiger partial charge in [-0.05, 0) is 40.9 Å². The fraction of sp³-hybridized carbons (Fsp3) is 0.417. The van der Waals surface area contributed by atoms with Crippen LogP contribution in [0.25, 0.3) is 0 Å². The molecule has 4 nitrogen and oxygen atoms in total. The largest absolute Gasteiger partial charge is 0.349 e. The summed E-state index contributed by atoms with van der Waals surface area (Å²) in [5.74, 6) is -0.379. The van der Waals surface area contributed by atoms with E-state index in [1.165, 1.54) is 12.1 Å². The summed E-state index contributed by atoms with van der Waals surface area (Å²) in [4.78, 5) is 12.0. The molecule has 0 saturated heterocycles. The number of carbonyl (C=O) groups is 1. The molecule has 0 atom stereocenters. The lowest BCUT2D eigenvalue weighted by atomic mass is 10.2. The molecule has 1 aromatic carbocycles. The van der Waals surface area contributed by atoms with E-state index in [-0.39, 0.29) is 31.9 Å². The van der Waals surface area contributed by atoms with Crippen LogP contribution in [-0.2, 0) is 9.05 Å². The Morgan fingerprint density at radius 1 is 1.30 bits per heavy atom. The lowest BCUT2D eigenvalue weighted by molar-refractivity contribution is 0.0938. The van der Waals surface area contributed by atoms with E-state index < -0.39 is 9.05 Å². The maximum absolute atomic E-state index is 12.2. The summed E-state index contributed by atoms with van der Waals surface area (Å²) in [6.45, 7) is 0. The van der Waals surface area contributed by atoms with Crippen molar-refractivity contribution in [2.75, 3.05) is 0 Å². The van der Waals surface area contributed by atoms with Crippen molar-refractivity contribution in [3.63, 3.8) is 0 Å². The van der Waals surface area contributed by atoms with E-state index in [1.54, 1.807) is 0 Å². The minimum Gasteiger partial charge on any atom is -0.349 e. The smallest absolute Gasteiger partial charge is 0.262 e. The van der Waals surface area contributed by atoms with Gasteiger partial charge < -0.3 is 5.32 Å². The molecule has 0 aliphatic heterocycles.